The van der Waals surface area contributed by atoms with Crippen molar-refractivity contribution in [3.05, 3.63) is 58.2 Å². The topological polar surface area (TPSA) is 79.2 Å². The molecule has 24 heavy (non-hydrogen) atoms. The second-order valence-electron chi connectivity index (χ2n) is 5.73. The maximum Gasteiger partial charge on any atom is 0.253 e. The molecule has 2 aromatic carbocycles. The molecule has 122 valence electrons. The maximum absolute atomic E-state index is 12.2. The van der Waals surface area contributed by atoms with Gasteiger partial charge in [0.2, 0.25) is 0 Å². The Hall–Kier alpha value is -2.60. The average molecular weight is 386 g/mol. The van der Waals surface area contributed by atoms with Crippen molar-refractivity contribution in [2.75, 3.05) is 14.1 Å². The van der Waals surface area contributed by atoms with Gasteiger partial charge in [-0.1, -0.05) is 12.1 Å². The lowest BCUT2D eigenvalue weighted by Gasteiger charge is -2.12. The third-order valence-corrected chi connectivity index (χ3v) is 4.51. The number of aromatic amines is 1. The van der Waals surface area contributed by atoms with Crippen molar-refractivity contribution in [2.45, 2.75) is 0 Å². The van der Waals surface area contributed by atoms with E-state index < -0.39 is 5.91 Å². The van der Waals surface area contributed by atoms with Gasteiger partial charge in [0.1, 0.15) is 0 Å². The van der Waals surface area contributed by atoms with Crippen LogP contribution < -0.4 is 5.73 Å². The van der Waals surface area contributed by atoms with Crippen LogP contribution in [0.1, 0.15) is 20.7 Å². The van der Waals surface area contributed by atoms with E-state index in [1.807, 2.05) is 24.3 Å². The molecule has 3 aromatic rings. The zero-order valence-electron chi connectivity index (χ0n) is 13.3. The fourth-order valence-electron chi connectivity index (χ4n) is 2.65. The lowest BCUT2D eigenvalue weighted by molar-refractivity contribution is 0.0827. The molecule has 0 spiro atoms. The van der Waals surface area contributed by atoms with E-state index >= 15 is 0 Å². The van der Waals surface area contributed by atoms with Crippen LogP contribution in [-0.2, 0) is 0 Å². The highest BCUT2D eigenvalue weighted by atomic mass is 79.9. The van der Waals surface area contributed by atoms with Gasteiger partial charge in [0.15, 0.2) is 0 Å². The quantitative estimate of drug-likeness (QED) is 0.724. The molecule has 3 rings (SSSR count). The van der Waals surface area contributed by atoms with Crippen LogP contribution in [0.3, 0.4) is 0 Å². The van der Waals surface area contributed by atoms with Gasteiger partial charge in [0, 0.05) is 35.7 Å². The second-order valence-corrected chi connectivity index (χ2v) is 6.58. The van der Waals surface area contributed by atoms with Gasteiger partial charge in [-0.05, 0) is 51.3 Å². The minimum Gasteiger partial charge on any atom is -0.366 e. The van der Waals surface area contributed by atoms with Crippen molar-refractivity contribution < 1.29 is 9.59 Å². The summed E-state index contributed by atoms with van der Waals surface area (Å²) in [6, 6.07) is 11.0. The summed E-state index contributed by atoms with van der Waals surface area (Å²) in [5, 5.41) is 0.866. The first-order valence-corrected chi connectivity index (χ1v) is 8.10. The number of amides is 2. The summed E-state index contributed by atoms with van der Waals surface area (Å²) in [5.74, 6) is -0.576. The highest BCUT2D eigenvalue weighted by molar-refractivity contribution is 9.10. The Morgan fingerprint density at radius 3 is 2.54 bits per heavy atom. The molecule has 2 amide bonds. The molecule has 0 fully saturated rings. The van der Waals surface area contributed by atoms with Gasteiger partial charge in [0.05, 0.1) is 11.1 Å². The van der Waals surface area contributed by atoms with Crippen LogP contribution in [0.4, 0.5) is 0 Å². The number of H-pyrrole nitrogens is 1. The monoisotopic (exact) mass is 385 g/mol. The third kappa shape index (κ3) is 2.80. The van der Waals surface area contributed by atoms with Crippen molar-refractivity contribution in [1.82, 2.24) is 9.88 Å². The molecule has 5 nitrogen and oxygen atoms in total. The molecule has 0 saturated heterocycles. The van der Waals surface area contributed by atoms with Gasteiger partial charge < -0.3 is 15.6 Å². The highest BCUT2D eigenvalue weighted by Gasteiger charge is 2.15. The molecule has 0 bridgehead atoms. The van der Waals surface area contributed by atoms with Gasteiger partial charge >= 0.3 is 0 Å². The Morgan fingerprint density at radius 1 is 1.12 bits per heavy atom. The number of primary amides is 1. The van der Waals surface area contributed by atoms with E-state index in [1.165, 1.54) is 4.90 Å². The molecule has 1 heterocycles. The van der Waals surface area contributed by atoms with Crippen LogP contribution >= 0.6 is 15.9 Å². The van der Waals surface area contributed by atoms with Crippen LogP contribution in [0, 0.1) is 0 Å². The van der Waals surface area contributed by atoms with Gasteiger partial charge in [-0.2, -0.15) is 0 Å². The number of benzene rings is 2. The first-order valence-electron chi connectivity index (χ1n) is 7.31. The van der Waals surface area contributed by atoms with Crippen molar-refractivity contribution in [1.29, 1.82) is 0 Å². The van der Waals surface area contributed by atoms with Gasteiger partial charge in [-0.3, -0.25) is 9.59 Å². The zero-order chi connectivity index (χ0) is 17.4. The van der Waals surface area contributed by atoms with Crippen molar-refractivity contribution in [2.24, 2.45) is 5.73 Å². The first-order chi connectivity index (χ1) is 11.4. The zero-order valence-corrected chi connectivity index (χ0v) is 14.8. The standard InChI is InChI=1S/C18H16BrN3O2/c1-22(2)18(24)11-5-3-4-10(6-11)12-7-13-15(19)9-21-16(13)14(8-12)17(20)23/h3-9,21H,1-2H3,(H2,20,23). The number of carbonyl (C=O) groups excluding carboxylic acids is 2. The summed E-state index contributed by atoms with van der Waals surface area (Å²) in [4.78, 5) is 28.5. The van der Waals surface area contributed by atoms with E-state index in [-0.39, 0.29) is 5.91 Å². The van der Waals surface area contributed by atoms with Crippen molar-refractivity contribution in [3.8, 4) is 11.1 Å². The van der Waals surface area contributed by atoms with Crippen LogP contribution in [0.15, 0.2) is 47.1 Å². The maximum atomic E-state index is 12.2. The smallest absolute Gasteiger partial charge is 0.253 e. The Balaban J connectivity index is 2.19. The Kier molecular flexibility index (Phi) is 4.15. The average Bonchev–Trinajstić information content (AvgIpc) is 2.94. The molecule has 6 heteroatoms. The molecular weight excluding hydrogens is 370 g/mol. The van der Waals surface area contributed by atoms with Gasteiger partial charge in [-0.15, -0.1) is 0 Å². The number of hydrogen-bond acceptors (Lipinski definition) is 2. The molecule has 3 N–H and O–H groups in total. The molecule has 0 aliphatic heterocycles. The van der Waals surface area contributed by atoms with E-state index in [2.05, 4.69) is 20.9 Å². The molecule has 0 aliphatic rings. The predicted octanol–water partition coefficient (Wildman–Crippen LogP) is 3.40. The fraction of sp³-hybridized carbons (Fsp3) is 0.111. The molecule has 0 radical (unpaired) electrons. The van der Waals surface area contributed by atoms with Crippen LogP contribution in [0.5, 0.6) is 0 Å². The number of aromatic nitrogens is 1. The lowest BCUT2D eigenvalue weighted by atomic mass is 9.98. The minimum atomic E-state index is -0.503. The summed E-state index contributed by atoms with van der Waals surface area (Å²) < 4.78 is 0.849. The van der Waals surface area contributed by atoms with Crippen LogP contribution in [0.2, 0.25) is 0 Å². The lowest BCUT2D eigenvalue weighted by Crippen LogP contribution is -2.21. The SMILES string of the molecule is CN(C)C(=O)c1cccc(-c2cc(C(N)=O)c3[nH]cc(Br)c3c2)c1. The predicted molar refractivity (Wildman–Crippen MR) is 98.0 cm³/mol. The molecule has 0 saturated carbocycles. The Morgan fingerprint density at radius 2 is 1.88 bits per heavy atom. The Labute approximate surface area is 147 Å². The number of nitrogens with one attached hydrogen (secondary N) is 1. The summed E-state index contributed by atoms with van der Waals surface area (Å²) in [6.07, 6.45) is 1.77. The van der Waals surface area contributed by atoms with E-state index in [0.717, 1.165) is 21.0 Å². The van der Waals surface area contributed by atoms with Crippen LogP contribution in [0.25, 0.3) is 22.0 Å². The number of fused-ring (bicyclic) bond motifs is 1. The highest BCUT2D eigenvalue weighted by Crippen LogP contribution is 2.32. The van der Waals surface area contributed by atoms with Crippen LogP contribution in [-0.4, -0.2) is 35.8 Å². The molecule has 1 aromatic heterocycles. The first kappa shape index (κ1) is 16.3. The molecule has 0 unspecified atom stereocenters. The Bertz CT molecular complexity index is 960. The number of rotatable bonds is 3. The number of halogens is 1. The second kappa shape index (κ2) is 6.13. The van der Waals surface area contributed by atoms with Crippen molar-refractivity contribution >= 4 is 38.6 Å². The molecular formula is C18H16BrN3O2. The number of hydrogen-bond donors (Lipinski definition) is 2. The normalized spacial score (nSPS) is 10.8. The summed E-state index contributed by atoms with van der Waals surface area (Å²) in [5.41, 5.74) is 8.89. The number of carbonyl (C=O) groups is 2. The van der Waals surface area contributed by atoms with E-state index in [9.17, 15) is 9.59 Å². The summed E-state index contributed by atoms with van der Waals surface area (Å²) in [6.45, 7) is 0. The fourth-order valence-corrected chi connectivity index (χ4v) is 3.08. The van der Waals surface area contributed by atoms with Gasteiger partial charge in [0.25, 0.3) is 11.8 Å². The summed E-state index contributed by atoms with van der Waals surface area (Å²) >= 11 is 3.47. The minimum absolute atomic E-state index is 0.0733. The molecule has 0 atom stereocenters. The van der Waals surface area contributed by atoms with E-state index in [1.54, 1.807) is 32.4 Å². The largest absolute Gasteiger partial charge is 0.366 e. The number of nitrogens with two attached hydrogens (primary N) is 1. The number of nitrogens with zero attached hydrogens (tertiary/aromatic N) is 1. The third-order valence-electron chi connectivity index (χ3n) is 3.85. The summed E-state index contributed by atoms with van der Waals surface area (Å²) in [7, 11) is 3.42. The van der Waals surface area contributed by atoms with E-state index in [0.29, 0.717) is 16.6 Å². The van der Waals surface area contributed by atoms with E-state index in [4.69, 9.17) is 5.73 Å². The van der Waals surface area contributed by atoms with Crippen molar-refractivity contribution in [3.63, 3.8) is 0 Å². The van der Waals surface area contributed by atoms with Gasteiger partial charge in [-0.25, -0.2) is 0 Å². The molecule has 0 aliphatic carbocycles.